The number of aromatic amines is 1. The highest BCUT2D eigenvalue weighted by Crippen LogP contribution is 2.25. The maximum absolute atomic E-state index is 12.5. The largest absolute Gasteiger partial charge is 0.359 e. The smallest absolute Gasteiger partial charge is 0.208 e. The van der Waals surface area contributed by atoms with E-state index >= 15 is 0 Å². The quantitative estimate of drug-likeness (QED) is 0.767. The molecule has 1 N–H and O–H groups in total. The van der Waals surface area contributed by atoms with Crippen molar-refractivity contribution in [2.24, 2.45) is 0 Å². The van der Waals surface area contributed by atoms with Crippen molar-refractivity contribution in [1.82, 2.24) is 9.97 Å². The second-order valence-corrected chi connectivity index (χ2v) is 5.78. The minimum Gasteiger partial charge on any atom is -0.359 e. The second kappa shape index (κ2) is 3.96. The van der Waals surface area contributed by atoms with Crippen LogP contribution in [0.2, 0.25) is 0 Å². The molecule has 5 heteroatoms. The summed E-state index contributed by atoms with van der Waals surface area (Å²) in [4.78, 5) is 7.57. The van der Waals surface area contributed by atoms with Crippen molar-refractivity contribution in [1.29, 1.82) is 0 Å². The van der Waals surface area contributed by atoms with Gasteiger partial charge in [0.2, 0.25) is 9.84 Å². The maximum Gasteiger partial charge on any atom is 0.208 e. The Labute approximate surface area is 104 Å². The topological polar surface area (TPSA) is 62.8 Å². The van der Waals surface area contributed by atoms with Gasteiger partial charge in [-0.15, -0.1) is 0 Å². The van der Waals surface area contributed by atoms with Crippen molar-refractivity contribution < 1.29 is 8.42 Å². The molecule has 0 unspecified atom stereocenters. The van der Waals surface area contributed by atoms with Crippen LogP contribution in [0.4, 0.5) is 0 Å². The number of hydrogen-bond acceptors (Lipinski definition) is 3. The molecule has 0 saturated carbocycles. The molecule has 90 valence electrons. The number of pyridine rings is 1. The van der Waals surface area contributed by atoms with E-state index in [-0.39, 0.29) is 9.79 Å². The van der Waals surface area contributed by atoms with Gasteiger partial charge in [0, 0.05) is 12.4 Å². The van der Waals surface area contributed by atoms with Crippen molar-refractivity contribution in [3.05, 3.63) is 54.9 Å². The standard InChI is InChI=1S/C13H10N2O2S/c16-18(17,10-4-2-1-3-5-10)12-7-9-14-11-6-8-15-13(11)12/h1-9,15H. The summed E-state index contributed by atoms with van der Waals surface area (Å²) in [5.74, 6) is 0. The van der Waals surface area contributed by atoms with E-state index in [9.17, 15) is 8.42 Å². The summed E-state index contributed by atoms with van der Waals surface area (Å²) < 4.78 is 25.0. The summed E-state index contributed by atoms with van der Waals surface area (Å²) in [6.45, 7) is 0. The van der Waals surface area contributed by atoms with Gasteiger partial charge in [-0.1, -0.05) is 18.2 Å². The van der Waals surface area contributed by atoms with Gasteiger partial charge < -0.3 is 4.98 Å². The zero-order valence-electron chi connectivity index (χ0n) is 9.37. The van der Waals surface area contributed by atoms with Crippen LogP contribution in [0, 0.1) is 0 Å². The minimum absolute atomic E-state index is 0.253. The van der Waals surface area contributed by atoms with Gasteiger partial charge in [0.05, 0.1) is 20.8 Å². The average Bonchev–Trinajstić information content (AvgIpc) is 2.87. The second-order valence-electron chi connectivity index (χ2n) is 3.86. The Hall–Kier alpha value is -2.14. The first-order chi connectivity index (χ1) is 8.69. The summed E-state index contributed by atoms with van der Waals surface area (Å²) in [5, 5.41) is 0. The molecule has 18 heavy (non-hydrogen) atoms. The third-order valence-corrected chi connectivity index (χ3v) is 4.57. The lowest BCUT2D eigenvalue weighted by Crippen LogP contribution is -2.02. The molecule has 0 aliphatic carbocycles. The van der Waals surface area contributed by atoms with Crippen molar-refractivity contribution >= 4 is 20.9 Å². The molecule has 0 aliphatic rings. The van der Waals surface area contributed by atoms with Crippen LogP contribution in [0.1, 0.15) is 0 Å². The van der Waals surface area contributed by atoms with Gasteiger partial charge in [-0.2, -0.15) is 0 Å². The molecule has 0 bridgehead atoms. The highest BCUT2D eigenvalue weighted by Gasteiger charge is 2.20. The summed E-state index contributed by atoms with van der Waals surface area (Å²) in [6.07, 6.45) is 3.19. The molecule has 0 amide bonds. The SMILES string of the molecule is O=S(=O)(c1ccccc1)c1ccnc2cc[nH]c12. The average molecular weight is 258 g/mol. The molecule has 2 aromatic heterocycles. The lowest BCUT2D eigenvalue weighted by atomic mass is 10.4. The summed E-state index contributed by atoms with van der Waals surface area (Å²) in [7, 11) is -3.51. The molecule has 0 aliphatic heterocycles. The highest BCUT2D eigenvalue weighted by atomic mass is 32.2. The highest BCUT2D eigenvalue weighted by molar-refractivity contribution is 7.91. The van der Waals surface area contributed by atoms with E-state index in [1.165, 1.54) is 12.3 Å². The first-order valence-electron chi connectivity index (χ1n) is 5.42. The van der Waals surface area contributed by atoms with Crippen LogP contribution in [-0.2, 0) is 9.84 Å². The van der Waals surface area contributed by atoms with Crippen LogP contribution in [0.25, 0.3) is 11.0 Å². The Morgan fingerprint density at radius 3 is 2.56 bits per heavy atom. The molecule has 2 heterocycles. The fourth-order valence-electron chi connectivity index (χ4n) is 1.89. The number of nitrogens with zero attached hydrogens (tertiary/aromatic N) is 1. The van der Waals surface area contributed by atoms with Crippen LogP contribution in [0.5, 0.6) is 0 Å². The van der Waals surface area contributed by atoms with Gasteiger partial charge in [-0.25, -0.2) is 8.42 Å². The summed E-state index contributed by atoms with van der Waals surface area (Å²) in [5.41, 5.74) is 1.19. The van der Waals surface area contributed by atoms with Crippen LogP contribution < -0.4 is 0 Å². The van der Waals surface area contributed by atoms with Gasteiger partial charge in [-0.3, -0.25) is 4.98 Å². The number of H-pyrrole nitrogens is 1. The first-order valence-corrected chi connectivity index (χ1v) is 6.90. The van der Waals surface area contributed by atoms with Crippen LogP contribution >= 0.6 is 0 Å². The maximum atomic E-state index is 12.5. The Kier molecular flexibility index (Phi) is 2.41. The van der Waals surface area contributed by atoms with Crippen molar-refractivity contribution in [2.45, 2.75) is 9.79 Å². The van der Waals surface area contributed by atoms with Crippen molar-refractivity contribution in [2.75, 3.05) is 0 Å². The molecule has 0 radical (unpaired) electrons. The Morgan fingerprint density at radius 1 is 1.00 bits per heavy atom. The number of aromatic nitrogens is 2. The lowest BCUT2D eigenvalue weighted by molar-refractivity contribution is 0.596. The number of hydrogen-bond donors (Lipinski definition) is 1. The summed E-state index contributed by atoms with van der Waals surface area (Å²) in [6, 6.07) is 11.6. The predicted octanol–water partition coefficient (Wildman–Crippen LogP) is 2.40. The van der Waals surface area contributed by atoms with E-state index in [0.29, 0.717) is 11.0 Å². The molecule has 0 spiro atoms. The molecule has 3 aromatic rings. The first kappa shape index (κ1) is 11.0. The van der Waals surface area contributed by atoms with E-state index in [1.54, 1.807) is 42.6 Å². The van der Waals surface area contributed by atoms with Gasteiger partial charge in [0.25, 0.3) is 0 Å². The number of sulfone groups is 1. The van der Waals surface area contributed by atoms with E-state index in [2.05, 4.69) is 9.97 Å². The molecule has 1 aromatic carbocycles. The fraction of sp³-hybridized carbons (Fsp3) is 0. The predicted molar refractivity (Wildman–Crippen MR) is 68.0 cm³/mol. The normalized spacial score (nSPS) is 11.8. The van der Waals surface area contributed by atoms with Gasteiger partial charge in [0.1, 0.15) is 0 Å². The Morgan fingerprint density at radius 2 is 1.78 bits per heavy atom. The van der Waals surface area contributed by atoms with E-state index in [1.807, 2.05) is 0 Å². The van der Waals surface area contributed by atoms with Crippen molar-refractivity contribution in [3.8, 4) is 0 Å². The molecular weight excluding hydrogens is 248 g/mol. The fourth-order valence-corrected chi connectivity index (χ4v) is 3.33. The van der Waals surface area contributed by atoms with E-state index in [0.717, 1.165) is 0 Å². The van der Waals surface area contributed by atoms with Gasteiger partial charge in [-0.05, 0) is 24.3 Å². The Bertz CT molecular complexity index is 792. The van der Waals surface area contributed by atoms with Crippen LogP contribution in [0.3, 0.4) is 0 Å². The van der Waals surface area contributed by atoms with E-state index in [4.69, 9.17) is 0 Å². The molecule has 4 nitrogen and oxygen atoms in total. The molecule has 0 atom stereocenters. The Balaban J connectivity index is 2.30. The number of fused-ring (bicyclic) bond motifs is 1. The third-order valence-electron chi connectivity index (χ3n) is 2.75. The minimum atomic E-state index is -3.51. The number of rotatable bonds is 2. The third kappa shape index (κ3) is 1.60. The van der Waals surface area contributed by atoms with E-state index < -0.39 is 9.84 Å². The van der Waals surface area contributed by atoms with Crippen LogP contribution in [0.15, 0.2) is 64.6 Å². The van der Waals surface area contributed by atoms with Gasteiger partial charge >= 0.3 is 0 Å². The zero-order valence-corrected chi connectivity index (χ0v) is 10.2. The number of benzene rings is 1. The van der Waals surface area contributed by atoms with Crippen molar-refractivity contribution in [3.63, 3.8) is 0 Å². The molecule has 0 saturated heterocycles. The number of nitrogens with one attached hydrogen (secondary N) is 1. The molecule has 3 rings (SSSR count). The van der Waals surface area contributed by atoms with Crippen LogP contribution in [-0.4, -0.2) is 18.4 Å². The zero-order chi connectivity index (χ0) is 12.6. The lowest BCUT2D eigenvalue weighted by Gasteiger charge is -2.05. The monoisotopic (exact) mass is 258 g/mol. The molecular formula is C13H10N2O2S. The van der Waals surface area contributed by atoms with Gasteiger partial charge in [0.15, 0.2) is 0 Å². The summed E-state index contributed by atoms with van der Waals surface area (Å²) >= 11 is 0. The molecule has 0 fully saturated rings.